The van der Waals surface area contributed by atoms with E-state index < -0.39 is 0 Å². The molecule has 0 bridgehead atoms. The molecule has 0 aliphatic heterocycles. The van der Waals surface area contributed by atoms with Crippen LogP contribution in [-0.4, -0.2) is 35.9 Å². The molecule has 1 heterocycles. The van der Waals surface area contributed by atoms with Crippen LogP contribution in [0.25, 0.3) is 0 Å². The van der Waals surface area contributed by atoms with E-state index in [0.717, 1.165) is 31.7 Å². The summed E-state index contributed by atoms with van der Waals surface area (Å²) in [6.45, 7) is 8.08. The molecule has 106 valence electrons. The van der Waals surface area contributed by atoms with Crippen molar-refractivity contribution in [2.45, 2.75) is 33.6 Å². The second-order valence-electron chi connectivity index (χ2n) is 5.27. The summed E-state index contributed by atoms with van der Waals surface area (Å²) in [6, 6.07) is 3.59. The summed E-state index contributed by atoms with van der Waals surface area (Å²) in [5.74, 6) is 1.43. The topological polar surface area (TPSA) is 45.2 Å². The molecular formula is C15H25N3O. The van der Waals surface area contributed by atoms with Crippen LogP contribution in [0.4, 0.5) is 5.82 Å². The fraction of sp³-hybridized carbons (Fsp3) is 0.600. The first-order valence-electron chi connectivity index (χ1n) is 7.00. The summed E-state index contributed by atoms with van der Waals surface area (Å²) < 4.78 is 0. The van der Waals surface area contributed by atoms with Crippen molar-refractivity contribution >= 4 is 11.7 Å². The quantitative estimate of drug-likeness (QED) is 0.822. The van der Waals surface area contributed by atoms with Gasteiger partial charge >= 0.3 is 0 Å². The van der Waals surface area contributed by atoms with Crippen LogP contribution >= 0.6 is 0 Å². The Bertz CT molecular complexity index is 404. The van der Waals surface area contributed by atoms with E-state index in [4.69, 9.17) is 0 Å². The van der Waals surface area contributed by atoms with Gasteiger partial charge in [0.05, 0.1) is 0 Å². The van der Waals surface area contributed by atoms with Crippen molar-refractivity contribution in [2.24, 2.45) is 5.92 Å². The van der Waals surface area contributed by atoms with E-state index in [-0.39, 0.29) is 5.91 Å². The Morgan fingerprint density at radius 3 is 2.84 bits per heavy atom. The van der Waals surface area contributed by atoms with Gasteiger partial charge in [0.2, 0.25) is 0 Å². The van der Waals surface area contributed by atoms with Crippen LogP contribution in [0.15, 0.2) is 18.3 Å². The van der Waals surface area contributed by atoms with Crippen molar-refractivity contribution in [2.75, 3.05) is 25.5 Å². The van der Waals surface area contributed by atoms with Crippen LogP contribution in [0.5, 0.6) is 0 Å². The van der Waals surface area contributed by atoms with Crippen molar-refractivity contribution in [3.8, 4) is 0 Å². The Labute approximate surface area is 116 Å². The lowest BCUT2D eigenvalue weighted by Crippen LogP contribution is -2.28. The summed E-state index contributed by atoms with van der Waals surface area (Å²) in [6.07, 6.45) is 3.74. The van der Waals surface area contributed by atoms with E-state index in [1.807, 2.05) is 13.1 Å². The van der Waals surface area contributed by atoms with Gasteiger partial charge in [-0.05, 0) is 30.9 Å². The van der Waals surface area contributed by atoms with Gasteiger partial charge in [0.25, 0.3) is 5.91 Å². The summed E-state index contributed by atoms with van der Waals surface area (Å²) in [7, 11) is 1.85. The number of carbonyl (C=O) groups excluding carboxylic acids is 1. The average Bonchev–Trinajstić information content (AvgIpc) is 2.41. The maximum Gasteiger partial charge on any atom is 0.253 e. The van der Waals surface area contributed by atoms with Crippen molar-refractivity contribution in [1.29, 1.82) is 0 Å². The lowest BCUT2D eigenvalue weighted by atomic mass is 10.1. The molecule has 0 saturated carbocycles. The third-order valence-corrected chi connectivity index (χ3v) is 2.95. The van der Waals surface area contributed by atoms with Gasteiger partial charge in [0.1, 0.15) is 5.82 Å². The zero-order valence-electron chi connectivity index (χ0n) is 12.4. The van der Waals surface area contributed by atoms with Crippen LogP contribution < -0.4 is 5.32 Å². The number of amides is 1. The molecule has 4 nitrogen and oxygen atoms in total. The largest absolute Gasteiger partial charge is 0.370 e. The zero-order valence-corrected chi connectivity index (χ0v) is 12.4. The van der Waals surface area contributed by atoms with Gasteiger partial charge in [-0.3, -0.25) is 4.79 Å². The summed E-state index contributed by atoms with van der Waals surface area (Å²) >= 11 is 0. The van der Waals surface area contributed by atoms with Gasteiger partial charge in [0, 0.05) is 31.9 Å². The highest BCUT2D eigenvalue weighted by atomic mass is 16.2. The second kappa shape index (κ2) is 7.77. The minimum Gasteiger partial charge on any atom is -0.370 e. The van der Waals surface area contributed by atoms with Crippen molar-refractivity contribution in [1.82, 2.24) is 9.88 Å². The molecule has 1 N–H and O–H groups in total. The van der Waals surface area contributed by atoms with E-state index in [0.29, 0.717) is 11.5 Å². The average molecular weight is 263 g/mol. The number of carbonyl (C=O) groups is 1. The summed E-state index contributed by atoms with van der Waals surface area (Å²) in [5.41, 5.74) is 0.694. The Morgan fingerprint density at radius 2 is 2.21 bits per heavy atom. The number of pyridine rings is 1. The fourth-order valence-electron chi connectivity index (χ4n) is 1.69. The molecule has 0 aliphatic rings. The summed E-state index contributed by atoms with van der Waals surface area (Å²) in [4.78, 5) is 18.2. The molecule has 19 heavy (non-hydrogen) atoms. The molecular weight excluding hydrogens is 238 g/mol. The molecule has 0 saturated heterocycles. The number of aromatic nitrogens is 1. The molecule has 0 spiro atoms. The first-order valence-corrected chi connectivity index (χ1v) is 7.00. The predicted octanol–water partition coefficient (Wildman–Crippen LogP) is 3.02. The van der Waals surface area contributed by atoms with Gasteiger partial charge < -0.3 is 10.2 Å². The highest BCUT2D eigenvalue weighted by Crippen LogP contribution is 2.10. The number of hydrogen-bond acceptors (Lipinski definition) is 3. The van der Waals surface area contributed by atoms with E-state index in [2.05, 4.69) is 31.1 Å². The normalized spacial score (nSPS) is 10.6. The lowest BCUT2D eigenvalue weighted by Gasteiger charge is -2.18. The van der Waals surface area contributed by atoms with E-state index in [1.165, 1.54) is 0 Å². The van der Waals surface area contributed by atoms with Gasteiger partial charge in [0.15, 0.2) is 0 Å². The van der Waals surface area contributed by atoms with Crippen molar-refractivity contribution < 1.29 is 4.79 Å². The predicted molar refractivity (Wildman–Crippen MR) is 79.4 cm³/mol. The Hall–Kier alpha value is -1.58. The van der Waals surface area contributed by atoms with Gasteiger partial charge in [-0.15, -0.1) is 0 Å². The molecule has 1 rings (SSSR count). The van der Waals surface area contributed by atoms with Crippen LogP contribution in [-0.2, 0) is 0 Å². The maximum absolute atomic E-state index is 12.3. The zero-order chi connectivity index (χ0) is 14.3. The first-order chi connectivity index (χ1) is 9.04. The third kappa shape index (κ3) is 5.28. The molecule has 1 amide bonds. The number of anilines is 1. The van der Waals surface area contributed by atoms with E-state index in [9.17, 15) is 4.79 Å². The van der Waals surface area contributed by atoms with Gasteiger partial charge in [-0.1, -0.05) is 20.8 Å². The molecule has 0 unspecified atom stereocenters. The summed E-state index contributed by atoms with van der Waals surface area (Å²) in [5, 5.41) is 3.20. The molecule has 0 aliphatic carbocycles. The Kier molecular flexibility index (Phi) is 6.33. The molecule has 1 aromatic heterocycles. The van der Waals surface area contributed by atoms with E-state index >= 15 is 0 Å². The highest BCUT2D eigenvalue weighted by molar-refractivity contribution is 5.94. The Morgan fingerprint density at radius 1 is 1.47 bits per heavy atom. The van der Waals surface area contributed by atoms with Crippen LogP contribution in [0.3, 0.4) is 0 Å². The van der Waals surface area contributed by atoms with E-state index in [1.54, 1.807) is 17.2 Å². The Balaban J connectivity index is 2.65. The number of rotatable bonds is 7. The SMILES string of the molecule is CCCNc1cc(C(=O)N(C)CCC(C)C)ccn1. The monoisotopic (exact) mass is 263 g/mol. The molecule has 4 heteroatoms. The molecule has 1 aromatic rings. The number of nitrogens with zero attached hydrogens (tertiary/aromatic N) is 2. The highest BCUT2D eigenvalue weighted by Gasteiger charge is 2.12. The molecule has 0 fully saturated rings. The van der Waals surface area contributed by atoms with Crippen LogP contribution in [0.2, 0.25) is 0 Å². The lowest BCUT2D eigenvalue weighted by molar-refractivity contribution is 0.0789. The molecule has 0 aromatic carbocycles. The first kappa shape index (κ1) is 15.5. The minimum absolute atomic E-state index is 0.0580. The standard InChI is InChI=1S/C15H25N3O/c1-5-8-16-14-11-13(6-9-17-14)15(19)18(4)10-7-12(2)3/h6,9,11-12H,5,7-8,10H2,1-4H3,(H,16,17). The smallest absolute Gasteiger partial charge is 0.253 e. The minimum atomic E-state index is 0.0580. The fourth-order valence-corrected chi connectivity index (χ4v) is 1.69. The molecule has 0 radical (unpaired) electrons. The second-order valence-corrected chi connectivity index (χ2v) is 5.27. The van der Waals surface area contributed by atoms with Gasteiger partial charge in [-0.25, -0.2) is 4.98 Å². The maximum atomic E-state index is 12.3. The van der Waals surface area contributed by atoms with Crippen molar-refractivity contribution in [3.05, 3.63) is 23.9 Å². The van der Waals surface area contributed by atoms with Crippen molar-refractivity contribution in [3.63, 3.8) is 0 Å². The molecule has 0 atom stereocenters. The van der Waals surface area contributed by atoms with Crippen LogP contribution in [0, 0.1) is 5.92 Å². The number of hydrogen-bond donors (Lipinski definition) is 1. The number of nitrogens with one attached hydrogen (secondary N) is 1. The third-order valence-electron chi connectivity index (χ3n) is 2.95. The van der Waals surface area contributed by atoms with Crippen LogP contribution in [0.1, 0.15) is 44.0 Å². The van der Waals surface area contributed by atoms with Gasteiger partial charge in [-0.2, -0.15) is 0 Å².